The Morgan fingerprint density at radius 1 is 1.46 bits per heavy atom. The van der Waals surface area contributed by atoms with E-state index in [9.17, 15) is 14.9 Å². The van der Waals surface area contributed by atoms with E-state index in [4.69, 9.17) is 9.47 Å². The van der Waals surface area contributed by atoms with Crippen LogP contribution in [-0.4, -0.2) is 50.9 Å². The number of hydrogen-bond acceptors (Lipinski definition) is 7. The molecule has 2 heterocycles. The molecule has 0 aromatic carbocycles. The Labute approximate surface area is 152 Å². The standard InChI is InChI=1S/C17H26N4O5/c1-11-13(10-19-14-8-7-12(9-18-14)21(23)24)20(17(5,6)25-11)15(22)26-16(2,3)4/h7-9,11,13H,10H2,1-6H3,(H,18,19)/t11-,13-/m1/s1. The highest BCUT2D eigenvalue weighted by atomic mass is 16.6. The zero-order valence-corrected chi connectivity index (χ0v) is 16.0. The van der Waals surface area contributed by atoms with Gasteiger partial charge in [-0.3, -0.25) is 15.0 Å². The maximum atomic E-state index is 12.7. The Morgan fingerprint density at radius 3 is 2.62 bits per heavy atom. The van der Waals surface area contributed by atoms with Gasteiger partial charge in [-0.1, -0.05) is 0 Å². The summed E-state index contributed by atoms with van der Waals surface area (Å²) in [6, 6.07) is 2.62. The number of nitrogens with zero attached hydrogens (tertiary/aromatic N) is 3. The van der Waals surface area contributed by atoms with Gasteiger partial charge >= 0.3 is 6.09 Å². The first-order valence-corrected chi connectivity index (χ1v) is 8.45. The Bertz CT molecular complexity index is 669. The first-order chi connectivity index (χ1) is 11.9. The maximum absolute atomic E-state index is 12.7. The minimum atomic E-state index is -0.809. The van der Waals surface area contributed by atoms with Crippen molar-refractivity contribution in [2.45, 2.75) is 65.0 Å². The summed E-state index contributed by atoms with van der Waals surface area (Å²) in [5.74, 6) is 0.483. The predicted octanol–water partition coefficient (Wildman–Crippen LogP) is 3.16. The van der Waals surface area contributed by atoms with Gasteiger partial charge in [-0.15, -0.1) is 0 Å². The number of pyridine rings is 1. The van der Waals surface area contributed by atoms with Crippen molar-refractivity contribution in [2.24, 2.45) is 0 Å². The lowest BCUT2D eigenvalue weighted by Crippen LogP contribution is -2.52. The maximum Gasteiger partial charge on any atom is 0.412 e. The van der Waals surface area contributed by atoms with Gasteiger partial charge < -0.3 is 14.8 Å². The van der Waals surface area contributed by atoms with Crippen LogP contribution >= 0.6 is 0 Å². The molecule has 2 atom stereocenters. The molecule has 144 valence electrons. The SMILES string of the molecule is C[C@H]1OC(C)(C)N(C(=O)OC(C)(C)C)[C@@H]1CNc1ccc([N+](=O)[O-])cn1. The Kier molecular flexibility index (Phi) is 5.41. The number of nitro groups is 1. The van der Waals surface area contributed by atoms with Crippen LogP contribution in [0.3, 0.4) is 0 Å². The molecule has 0 bridgehead atoms. The molecule has 1 aromatic rings. The van der Waals surface area contributed by atoms with Crippen LogP contribution in [0.1, 0.15) is 41.5 Å². The number of hydrogen-bond donors (Lipinski definition) is 1. The van der Waals surface area contributed by atoms with Crippen LogP contribution in [0, 0.1) is 10.1 Å². The molecule has 9 heteroatoms. The van der Waals surface area contributed by atoms with E-state index in [1.54, 1.807) is 4.90 Å². The van der Waals surface area contributed by atoms with E-state index in [0.29, 0.717) is 12.4 Å². The molecule has 1 aromatic heterocycles. The van der Waals surface area contributed by atoms with E-state index in [1.807, 2.05) is 41.5 Å². The monoisotopic (exact) mass is 366 g/mol. The number of carbonyl (C=O) groups excluding carboxylic acids is 1. The minimum absolute atomic E-state index is 0.0790. The Balaban J connectivity index is 2.11. The number of anilines is 1. The van der Waals surface area contributed by atoms with Gasteiger partial charge in [0.05, 0.1) is 17.1 Å². The summed E-state index contributed by atoms with van der Waals surface area (Å²) in [6.07, 6.45) is 0.519. The third-order valence-electron chi connectivity index (χ3n) is 3.97. The molecule has 2 rings (SSSR count). The van der Waals surface area contributed by atoms with Crippen LogP contribution in [0.5, 0.6) is 0 Å². The fourth-order valence-corrected chi connectivity index (χ4v) is 2.93. The van der Waals surface area contributed by atoms with E-state index >= 15 is 0 Å². The van der Waals surface area contributed by atoms with Gasteiger partial charge in [-0.25, -0.2) is 9.78 Å². The third-order valence-corrected chi connectivity index (χ3v) is 3.97. The smallest absolute Gasteiger partial charge is 0.412 e. The van der Waals surface area contributed by atoms with E-state index < -0.39 is 22.3 Å². The lowest BCUT2D eigenvalue weighted by atomic mass is 10.1. The van der Waals surface area contributed by atoms with Crippen molar-refractivity contribution in [3.05, 3.63) is 28.4 Å². The normalized spacial score (nSPS) is 22.2. The second-order valence-electron chi connectivity index (χ2n) is 7.73. The van der Waals surface area contributed by atoms with Crippen LogP contribution in [0.25, 0.3) is 0 Å². The number of ether oxygens (including phenoxy) is 2. The molecule has 0 radical (unpaired) electrons. The van der Waals surface area contributed by atoms with E-state index in [1.165, 1.54) is 18.3 Å². The minimum Gasteiger partial charge on any atom is -0.444 e. The van der Waals surface area contributed by atoms with Gasteiger partial charge in [0.15, 0.2) is 0 Å². The van der Waals surface area contributed by atoms with Crippen molar-refractivity contribution in [1.29, 1.82) is 0 Å². The lowest BCUT2D eigenvalue weighted by Gasteiger charge is -2.35. The van der Waals surface area contributed by atoms with Crippen molar-refractivity contribution in [2.75, 3.05) is 11.9 Å². The first-order valence-electron chi connectivity index (χ1n) is 8.45. The van der Waals surface area contributed by atoms with E-state index in [2.05, 4.69) is 10.3 Å². The van der Waals surface area contributed by atoms with Crippen LogP contribution in [-0.2, 0) is 9.47 Å². The molecule has 1 saturated heterocycles. The zero-order valence-electron chi connectivity index (χ0n) is 16.0. The lowest BCUT2D eigenvalue weighted by molar-refractivity contribution is -0.385. The Morgan fingerprint density at radius 2 is 2.12 bits per heavy atom. The molecule has 0 aliphatic carbocycles. The molecule has 0 spiro atoms. The Hall–Kier alpha value is -2.42. The number of nitrogens with one attached hydrogen (secondary N) is 1. The molecular formula is C17H26N4O5. The number of aromatic nitrogens is 1. The average molecular weight is 366 g/mol. The molecule has 1 amide bonds. The summed E-state index contributed by atoms with van der Waals surface area (Å²) in [5.41, 5.74) is -1.50. The molecule has 26 heavy (non-hydrogen) atoms. The summed E-state index contributed by atoms with van der Waals surface area (Å²) in [4.78, 5) is 28.5. The van der Waals surface area contributed by atoms with Crippen molar-refractivity contribution >= 4 is 17.6 Å². The number of rotatable bonds is 4. The van der Waals surface area contributed by atoms with E-state index in [0.717, 1.165) is 0 Å². The van der Waals surface area contributed by atoms with Crippen molar-refractivity contribution in [3.8, 4) is 0 Å². The van der Waals surface area contributed by atoms with Crippen LogP contribution < -0.4 is 5.32 Å². The third kappa shape index (κ3) is 4.60. The largest absolute Gasteiger partial charge is 0.444 e. The number of amides is 1. The molecular weight excluding hydrogens is 340 g/mol. The van der Waals surface area contributed by atoms with Crippen LogP contribution in [0.4, 0.5) is 16.3 Å². The summed E-state index contributed by atoms with van der Waals surface area (Å²) in [6.45, 7) is 11.3. The molecule has 1 fully saturated rings. The van der Waals surface area contributed by atoms with E-state index in [-0.39, 0.29) is 17.8 Å². The topological polar surface area (TPSA) is 107 Å². The molecule has 1 N–H and O–H groups in total. The number of carbonyl (C=O) groups is 1. The summed E-state index contributed by atoms with van der Waals surface area (Å²) >= 11 is 0. The van der Waals surface area contributed by atoms with Gasteiger partial charge in [0.2, 0.25) is 0 Å². The molecule has 0 saturated carbocycles. The van der Waals surface area contributed by atoms with Gasteiger partial charge in [0, 0.05) is 12.6 Å². The fraction of sp³-hybridized carbons (Fsp3) is 0.647. The van der Waals surface area contributed by atoms with Gasteiger partial charge in [-0.2, -0.15) is 0 Å². The highest BCUT2D eigenvalue weighted by Gasteiger charge is 2.49. The van der Waals surface area contributed by atoms with Crippen molar-refractivity contribution < 1.29 is 19.2 Å². The molecule has 1 aliphatic heterocycles. The molecule has 1 aliphatic rings. The van der Waals surface area contributed by atoms with Gasteiger partial charge in [0.25, 0.3) is 5.69 Å². The fourth-order valence-electron chi connectivity index (χ4n) is 2.93. The molecule has 9 nitrogen and oxygen atoms in total. The first kappa shape index (κ1) is 19.9. The highest BCUT2D eigenvalue weighted by Crippen LogP contribution is 2.33. The second kappa shape index (κ2) is 7.06. The summed E-state index contributed by atoms with van der Waals surface area (Å²) in [5, 5.41) is 13.8. The highest BCUT2D eigenvalue weighted by molar-refractivity contribution is 5.70. The second-order valence-corrected chi connectivity index (χ2v) is 7.73. The van der Waals surface area contributed by atoms with Crippen molar-refractivity contribution in [3.63, 3.8) is 0 Å². The van der Waals surface area contributed by atoms with Crippen LogP contribution in [0.15, 0.2) is 18.3 Å². The summed E-state index contributed by atoms with van der Waals surface area (Å²) in [7, 11) is 0. The van der Waals surface area contributed by atoms with Crippen LogP contribution in [0.2, 0.25) is 0 Å². The quantitative estimate of drug-likeness (QED) is 0.644. The summed E-state index contributed by atoms with van der Waals surface area (Å²) < 4.78 is 11.4. The van der Waals surface area contributed by atoms with Gasteiger partial charge in [-0.05, 0) is 47.6 Å². The van der Waals surface area contributed by atoms with Gasteiger partial charge in [0.1, 0.15) is 23.3 Å². The zero-order chi connectivity index (χ0) is 19.7. The predicted molar refractivity (Wildman–Crippen MR) is 95.9 cm³/mol. The average Bonchev–Trinajstić information content (AvgIpc) is 2.72. The van der Waals surface area contributed by atoms with Crippen molar-refractivity contribution in [1.82, 2.24) is 9.88 Å². The molecule has 0 unspecified atom stereocenters.